The summed E-state index contributed by atoms with van der Waals surface area (Å²) in [5.41, 5.74) is 0. The summed E-state index contributed by atoms with van der Waals surface area (Å²) < 4.78 is 32.0. The van der Waals surface area contributed by atoms with Crippen molar-refractivity contribution >= 4 is 19.8 Å². The number of rotatable bonds is 41. The summed E-state index contributed by atoms with van der Waals surface area (Å²) in [6.45, 7) is 3.78. The highest BCUT2D eigenvalue weighted by molar-refractivity contribution is 7.47. The summed E-state index contributed by atoms with van der Waals surface area (Å²) in [4.78, 5) is 34.5. The van der Waals surface area contributed by atoms with E-state index in [1.165, 1.54) is 103 Å². The van der Waals surface area contributed by atoms with Crippen molar-refractivity contribution in [2.45, 2.75) is 213 Å². The molecule has 0 aliphatic rings. The largest absolute Gasteiger partial charge is 0.472 e. The topological polar surface area (TPSA) is 108 Å². The Morgan fingerprint density at radius 3 is 1.38 bits per heavy atom. The molecule has 55 heavy (non-hydrogen) atoms. The molecule has 0 aromatic heterocycles. The van der Waals surface area contributed by atoms with Crippen molar-refractivity contribution in [1.29, 1.82) is 0 Å². The number of phosphoric ester groups is 1. The lowest BCUT2D eigenvalue weighted by Crippen LogP contribution is -2.29. The highest BCUT2D eigenvalue weighted by Crippen LogP contribution is 2.42. The van der Waals surface area contributed by atoms with Crippen molar-refractivity contribution in [3.05, 3.63) is 48.6 Å². The molecule has 0 aromatic carbocycles. The molecule has 2 unspecified atom stereocenters. The molecule has 0 aromatic rings. The van der Waals surface area contributed by atoms with Gasteiger partial charge in [0.2, 0.25) is 0 Å². The lowest BCUT2D eigenvalue weighted by Gasteiger charge is -2.19. The van der Waals surface area contributed by atoms with Crippen molar-refractivity contribution in [1.82, 2.24) is 0 Å². The maximum absolute atomic E-state index is 12.5. The summed E-state index contributed by atoms with van der Waals surface area (Å²) in [5.74, 6) is -0.804. The standard InChI is InChI=1S/C46H83O8P/c1-4-6-8-10-12-14-16-18-19-20-21-22-23-24-25-26-27-29-31-33-35-37-39-41-46(48)54-44(43-53-55(49,50)51-3)42-52-45(47)40-38-36-34-32-30-28-17-15-13-11-9-7-5-2/h6,8,12,14,18-19,21-22,44H,4-5,7,9-11,13,15-17,20,23-43H2,1-3H3,(H,49,50)/b8-6-,14-12-,19-18-,22-21-. The van der Waals surface area contributed by atoms with Gasteiger partial charge < -0.3 is 14.4 Å². The molecular weight excluding hydrogens is 711 g/mol. The Bertz CT molecular complexity index is 1040. The van der Waals surface area contributed by atoms with E-state index < -0.39 is 26.5 Å². The Morgan fingerprint density at radius 2 is 0.927 bits per heavy atom. The molecule has 2 atom stereocenters. The minimum absolute atomic E-state index is 0.225. The van der Waals surface area contributed by atoms with Gasteiger partial charge in [-0.25, -0.2) is 4.57 Å². The van der Waals surface area contributed by atoms with Gasteiger partial charge in [0, 0.05) is 20.0 Å². The predicted molar refractivity (Wildman–Crippen MR) is 230 cm³/mol. The van der Waals surface area contributed by atoms with Crippen molar-refractivity contribution in [3.63, 3.8) is 0 Å². The Labute approximate surface area is 338 Å². The molecule has 0 rings (SSSR count). The molecule has 9 heteroatoms. The lowest BCUT2D eigenvalue weighted by molar-refractivity contribution is -0.161. The number of esters is 2. The smallest absolute Gasteiger partial charge is 0.462 e. The number of unbranched alkanes of at least 4 members (excludes halogenated alkanes) is 22. The maximum Gasteiger partial charge on any atom is 0.472 e. The summed E-state index contributed by atoms with van der Waals surface area (Å²) in [6.07, 6.45) is 50.2. The predicted octanol–water partition coefficient (Wildman–Crippen LogP) is 14.2. The van der Waals surface area contributed by atoms with Crippen LogP contribution in [0.5, 0.6) is 0 Å². The van der Waals surface area contributed by atoms with E-state index in [-0.39, 0.29) is 19.0 Å². The zero-order valence-corrected chi connectivity index (χ0v) is 36.5. The van der Waals surface area contributed by atoms with Crippen molar-refractivity contribution < 1.29 is 37.6 Å². The zero-order chi connectivity index (χ0) is 40.3. The molecule has 0 aliphatic carbocycles. The molecule has 0 aliphatic heterocycles. The number of hydrogen-bond acceptors (Lipinski definition) is 7. The second-order valence-corrected chi connectivity index (χ2v) is 16.4. The Balaban J connectivity index is 3.94. The first-order valence-electron chi connectivity index (χ1n) is 22.3. The quantitative estimate of drug-likeness (QED) is 0.0282. The van der Waals surface area contributed by atoms with Gasteiger partial charge in [-0.3, -0.25) is 18.6 Å². The first-order valence-corrected chi connectivity index (χ1v) is 23.8. The second-order valence-electron chi connectivity index (χ2n) is 14.8. The van der Waals surface area contributed by atoms with Crippen molar-refractivity contribution in [2.24, 2.45) is 0 Å². The van der Waals surface area contributed by atoms with Gasteiger partial charge in [0.05, 0.1) is 6.61 Å². The molecule has 0 saturated carbocycles. The van der Waals surface area contributed by atoms with Crippen LogP contribution >= 0.6 is 7.82 Å². The molecule has 0 radical (unpaired) electrons. The number of carbonyl (C=O) groups excluding carboxylic acids is 2. The van der Waals surface area contributed by atoms with Crippen LogP contribution in [0, 0.1) is 0 Å². The molecule has 0 heterocycles. The van der Waals surface area contributed by atoms with Gasteiger partial charge in [-0.15, -0.1) is 0 Å². The van der Waals surface area contributed by atoms with Gasteiger partial charge in [0.25, 0.3) is 0 Å². The molecular formula is C46H83O8P. The van der Waals surface area contributed by atoms with Crippen LogP contribution in [-0.4, -0.2) is 43.3 Å². The molecule has 0 fully saturated rings. The van der Waals surface area contributed by atoms with E-state index in [2.05, 4.69) is 67.0 Å². The maximum atomic E-state index is 12.5. The van der Waals surface area contributed by atoms with Gasteiger partial charge >= 0.3 is 19.8 Å². The Kier molecular flexibility index (Phi) is 40.1. The number of allylic oxidation sites excluding steroid dienone is 8. The first kappa shape index (κ1) is 53.0. The van der Waals surface area contributed by atoms with Crippen LogP contribution in [0.1, 0.15) is 206 Å². The van der Waals surface area contributed by atoms with Gasteiger partial charge in [-0.2, -0.15) is 0 Å². The van der Waals surface area contributed by atoms with E-state index in [1.54, 1.807) is 0 Å². The monoisotopic (exact) mass is 795 g/mol. The van der Waals surface area contributed by atoms with Crippen LogP contribution in [0.3, 0.4) is 0 Å². The molecule has 0 amide bonds. The van der Waals surface area contributed by atoms with Crippen LogP contribution in [0.4, 0.5) is 0 Å². The molecule has 0 saturated heterocycles. The van der Waals surface area contributed by atoms with Crippen LogP contribution in [-0.2, 0) is 32.7 Å². The van der Waals surface area contributed by atoms with Gasteiger partial charge in [-0.05, 0) is 51.4 Å². The van der Waals surface area contributed by atoms with Crippen molar-refractivity contribution in [2.75, 3.05) is 20.3 Å². The summed E-state index contributed by atoms with van der Waals surface area (Å²) in [5, 5.41) is 0. The highest BCUT2D eigenvalue weighted by Gasteiger charge is 2.24. The van der Waals surface area contributed by atoms with Crippen LogP contribution in [0.2, 0.25) is 0 Å². The van der Waals surface area contributed by atoms with Crippen LogP contribution in [0.15, 0.2) is 48.6 Å². The lowest BCUT2D eigenvalue weighted by atomic mass is 10.0. The average Bonchev–Trinajstić information content (AvgIpc) is 3.18. The van der Waals surface area contributed by atoms with E-state index in [0.717, 1.165) is 77.7 Å². The van der Waals surface area contributed by atoms with Crippen LogP contribution in [0.25, 0.3) is 0 Å². The molecule has 0 bridgehead atoms. The molecule has 320 valence electrons. The summed E-state index contributed by atoms with van der Waals surface area (Å²) in [7, 11) is -3.20. The number of phosphoric acid groups is 1. The zero-order valence-electron chi connectivity index (χ0n) is 35.6. The molecule has 1 N–H and O–H groups in total. The van der Waals surface area contributed by atoms with Crippen LogP contribution < -0.4 is 0 Å². The van der Waals surface area contributed by atoms with E-state index in [9.17, 15) is 19.0 Å². The van der Waals surface area contributed by atoms with Crippen molar-refractivity contribution in [3.8, 4) is 0 Å². The minimum Gasteiger partial charge on any atom is -0.462 e. The Morgan fingerprint density at radius 1 is 0.527 bits per heavy atom. The summed E-state index contributed by atoms with van der Waals surface area (Å²) in [6, 6.07) is 0. The van der Waals surface area contributed by atoms with E-state index in [0.29, 0.717) is 12.8 Å². The SMILES string of the molecule is CC/C=C\C/C=C\C/C=C\C/C=C\CCCCCCCCCCCCC(=O)OC(COC(=O)CCCCCCCCCCCCCCC)COP(=O)(O)OC. The first-order chi connectivity index (χ1) is 26.8. The third kappa shape index (κ3) is 41.5. The Hall–Kier alpha value is -1.99. The van der Waals surface area contributed by atoms with Gasteiger partial charge in [0.1, 0.15) is 6.61 Å². The van der Waals surface area contributed by atoms with Gasteiger partial charge in [0.15, 0.2) is 6.10 Å². The normalized spacial score (nSPS) is 13.7. The second kappa shape index (κ2) is 41.6. The highest BCUT2D eigenvalue weighted by atomic mass is 31.2. The minimum atomic E-state index is -4.26. The number of hydrogen-bond donors (Lipinski definition) is 1. The number of ether oxygens (including phenoxy) is 2. The number of carbonyl (C=O) groups is 2. The fourth-order valence-corrected chi connectivity index (χ4v) is 6.64. The van der Waals surface area contributed by atoms with E-state index in [1.807, 2.05) is 0 Å². The van der Waals surface area contributed by atoms with Gasteiger partial charge in [-0.1, -0.05) is 191 Å². The molecule has 0 spiro atoms. The average molecular weight is 795 g/mol. The van der Waals surface area contributed by atoms with E-state index >= 15 is 0 Å². The fourth-order valence-electron chi connectivity index (χ4n) is 6.18. The summed E-state index contributed by atoms with van der Waals surface area (Å²) >= 11 is 0. The fraction of sp³-hybridized carbons (Fsp3) is 0.783. The molecule has 8 nitrogen and oxygen atoms in total. The third-order valence-corrected chi connectivity index (χ3v) is 10.5. The third-order valence-electron chi connectivity index (χ3n) is 9.59. The van der Waals surface area contributed by atoms with E-state index in [4.69, 9.17) is 14.0 Å².